The molecule has 1 N–H and O–H groups in total. The fourth-order valence-corrected chi connectivity index (χ4v) is 8.45. The van der Waals surface area contributed by atoms with Crippen LogP contribution in [0.3, 0.4) is 0 Å². The first kappa shape index (κ1) is 18.6. The van der Waals surface area contributed by atoms with Crippen molar-refractivity contribution in [2.75, 3.05) is 13.2 Å². The largest absolute Gasteiger partial charge is 0.382 e. The smallest absolute Gasteiger partial charge is 0.174 e. The zero-order valence-corrected chi connectivity index (χ0v) is 17.3. The highest BCUT2D eigenvalue weighted by molar-refractivity contribution is 5.84. The Morgan fingerprint density at radius 3 is 2.33 bits per heavy atom. The quantitative estimate of drug-likeness (QED) is 0.749. The Hall–Kier alpha value is -0.450. The molecule has 1 spiro atoms. The van der Waals surface area contributed by atoms with Crippen molar-refractivity contribution in [3.8, 4) is 0 Å². The molecule has 1 heterocycles. The van der Waals surface area contributed by atoms with E-state index in [1.807, 2.05) is 0 Å². The van der Waals surface area contributed by atoms with E-state index in [0.29, 0.717) is 24.7 Å². The van der Waals surface area contributed by atoms with Gasteiger partial charge in [0, 0.05) is 11.8 Å². The summed E-state index contributed by atoms with van der Waals surface area (Å²) in [6.45, 7) is 7.99. The van der Waals surface area contributed by atoms with Gasteiger partial charge < -0.3 is 14.6 Å². The minimum Gasteiger partial charge on any atom is -0.382 e. The molecule has 0 bridgehead atoms. The maximum absolute atomic E-state index is 12.0. The zero-order valence-electron chi connectivity index (χ0n) is 17.3. The predicted octanol–water partition coefficient (Wildman–Crippen LogP) is 4.09. The molecule has 1 aliphatic heterocycles. The third-order valence-corrected chi connectivity index (χ3v) is 10.2. The monoisotopic (exact) mass is 376 g/mol. The molecule has 4 aliphatic carbocycles. The molecular formula is C23H36O4. The Labute approximate surface area is 163 Å². The van der Waals surface area contributed by atoms with Crippen molar-refractivity contribution in [3.05, 3.63) is 0 Å². The van der Waals surface area contributed by atoms with Crippen LogP contribution in [-0.2, 0) is 14.3 Å². The summed E-state index contributed by atoms with van der Waals surface area (Å²) in [5.74, 6) is 2.31. The first-order valence-corrected chi connectivity index (χ1v) is 11.3. The summed E-state index contributed by atoms with van der Waals surface area (Å²) in [6, 6.07) is 0. The van der Waals surface area contributed by atoms with E-state index in [4.69, 9.17) is 9.47 Å². The van der Waals surface area contributed by atoms with Gasteiger partial charge in [-0.25, -0.2) is 0 Å². The lowest BCUT2D eigenvalue weighted by Crippen LogP contribution is -2.59. The van der Waals surface area contributed by atoms with Crippen molar-refractivity contribution in [3.63, 3.8) is 0 Å². The summed E-state index contributed by atoms with van der Waals surface area (Å²) in [6.07, 6.45) is 9.46. The summed E-state index contributed by atoms with van der Waals surface area (Å²) in [5, 5.41) is 10.8. The van der Waals surface area contributed by atoms with Crippen LogP contribution in [0, 0.1) is 34.5 Å². The van der Waals surface area contributed by atoms with Gasteiger partial charge in [0.25, 0.3) is 0 Å². The van der Waals surface area contributed by atoms with Crippen LogP contribution >= 0.6 is 0 Å². The SMILES string of the molecule is CC(=O)[C@]1(O)CC[C@@]2(C)[C@@H](CC[C@H]3[C@H]2CC[C@@]2(C)[C@@H]3CCC23OCCO3)C1. The normalized spacial score (nSPS) is 53.6. The van der Waals surface area contributed by atoms with Crippen LogP contribution in [0.1, 0.15) is 78.6 Å². The topological polar surface area (TPSA) is 55.8 Å². The van der Waals surface area contributed by atoms with Crippen molar-refractivity contribution in [2.45, 2.75) is 89.9 Å². The Kier molecular flexibility index (Phi) is 3.99. The number of carbonyl (C=O) groups excluding carboxylic acids is 1. The number of Topliss-reactive ketones (excluding diaryl/α,β-unsaturated/α-hetero) is 1. The molecule has 4 heteroatoms. The highest BCUT2D eigenvalue weighted by atomic mass is 16.7. The fourth-order valence-electron chi connectivity index (χ4n) is 8.45. The number of ketones is 1. The second kappa shape index (κ2) is 5.79. The highest BCUT2D eigenvalue weighted by Crippen LogP contribution is 2.69. The van der Waals surface area contributed by atoms with Gasteiger partial charge in [0.15, 0.2) is 11.6 Å². The summed E-state index contributed by atoms with van der Waals surface area (Å²) in [7, 11) is 0. The van der Waals surface area contributed by atoms with Gasteiger partial charge >= 0.3 is 0 Å². The number of hydrogen-bond donors (Lipinski definition) is 1. The van der Waals surface area contributed by atoms with Crippen molar-refractivity contribution in [1.29, 1.82) is 0 Å². The average Bonchev–Trinajstić information content (AvgIpc) is 3.22. The molecule has 0 aromatic heterocycles. The Balaban J connectivity index is 1.42. The molecule has 152 valence electrons. The number of fused-ring (bicyclic) bond motifs is 6. The van der Waals surface area contributed by atoms with Crippen molar-refractivity contribution < 1.29 is 19.4 Å². The number of aliphatic hydroxyl groups is 1. The molecule has 0 radical (unpaired) electrons. The van der Waals surface area contributed by atoms with Gasteiger partial charge in [0.05, 0.1) is 13.2 Å². The molecule has 1 saturated heterocycles. The van der Waals surface area contributed by atoms with Crippen LogP contribution in [0.5, 0.6) is 0 Å². The predicted molar refractivity (Wildman–Crippen MR) is 102 cm³/mol. The minimum absolute atomic E-state index is 0.0313. The summed E-state index contributed by atoms with van der Waals surface area (Å²) in [5.41, 5.74) is -0.634. The van der Waals surface area contributed by atoms with E-state index in [-0.39, 0.29) is 22.4 Å². The van der Waals surface area contributed by atoms with Crippen LogP contribution in [-0.4, -0.2) is 35.5 Å². The van der Waals surface area contributed by atoms with Gasteiger partial charge in [0.2, 0.25) is 0 Å². The van der Waals surface area contributed by atoms with E-state index in [0.717, 1.165) is 44.3 Å². The first-order chi connectivity index (χ1) is 12.7. The standard InChI is InChI=1S/C23H36O4/c1-15(24)22(25)11-10-20(2)16(14-22)4-5-17-18(20)6-8-21(3)19(17)7-9-23(21)26-12-13-27-23/h16-19,25H,4-14H2,1-3H3/t16-,17-,18+,19+,20-,21-,22-/m0/s1. The third kappa shape index (κ3) is 2.30. The lowest BCUT2D eigenvalue weighted by atomic mass is 9.44. The van der Waals surface area contributed by atoms with Crippen molar-refractivity contribution >= 4 is 5.78 Å². The Morgan fingerprint density at radius 1 is 0.926 bits per heavy atom. The fraction of sp³-hybridized carbons (Fsp3) is 0.957. The van der Waals surface area contributed by atoms with E-state index in [9.17, 15) is 9.90 Å². The van der Waals surface area contributed by atoms with Crippen LogP contribution in [0.2, 0.25) is 0 Å². The molecule has 0 amide bonds. The van der Waals surface area contributed by atoms with Gasteiger partial charge in [-0.1, -0.05) is 13.8 Å². The molecule has 0 aromatic carbocycles. The molecule has 7 atom stereocenters. The second-order valence-corrected chi connectivity index (χ2v) is 10.9. The van der Waals surface area contributed by atoms with E-state index < -0.39 is 5.60 Å². The lowest BCUT2D eigenvalue weighted by Gasteiger charge is -2.62. The third-order valence-electron chi connectivity index (χ3n) is 10.2. The molecule has 5 rings (SSSR count). The molecule has 4 nitrogen and oxygen atoms in total. The van der Waals surface area contributed by atoms with Gasteiger partial charge in [-0.15, -0.1) is 0 Å². The van der Waals surface area contributed by atoms with Crippen LogP contribution in [0.4, 0.5) is 0 Å². The Bertz CT molecular complexity index is 640. The average molecular weight is 377 g/mol. The van der Waals surface area contributed by atoms with Crippen LogP contribution < -0.4 is 0 Å². The zero-order chi connectivity index (χ0) is 19.1. The summed E-state index contributed by atoms with van der Waals surface area (Å²) >= 11 is 0. The highest BCUT2D eigenvalue weighted by Gasteiger charge is 2.67. The maximum atomic E-state index is 12.0. The number of rotatable bonds is 1. The molecule has 0 aromatic rings. The minimum atomic E-state index is -1.07. The van der Waals surface area contributed by atoms with Crippen LogP contribution in [0.15, 0.2) is 0 Å². The summed E-state index contributed by atoms with van der Waals surface area (Å²) < 4.78 is 12.5. The number of carbonyl (C=O) groups is 1. The van der Waals surface area contributed by atoms with Gasteiger partial charge in [-0.3, -0.25) is 4.79 Å². The van der Waals surface area contributed by atoms with E-state index in [1.54, 1.807) is 6.92 Å². The Morgan fingerprint density at radius 2 is 1.63 bits per heavy atom. The number of ether oxygens (including phenoxy) is 2. The summed E-state index contributed by atoms with van der Waals surface area (Å²) in [4.78, 5) is 12.0. The van der Waals surface area contributed by atoms with Crippen molar-refractivity contribution in [2.24, 2.45) is 34.5 Å². The molecule has 27 heavy (non-hydrogen) atoms. The molecule has 5 fully saturated rings. The first-order valence-electron chi connectivity index (χ1n) is 11.3. The van der Waals surface area contributed by atoms with Crippen molar-refractivity contribution in [1.82, 2.24) is 0 Å². The number of hydrogen-bond acceptors (Lipinski definition) is 4. The van der Waals surface area contributed by atoms with Gasteiger partial charge in [0.1, 0.15) is 5.60 Å². The van der Waals surface area contributed by atoms with Gasteiger partial charge in [-0.2, -0.15) is 0 Å². The van der Waals surface area contributed by atoms with E-state index in [1.165, 1.54) is 25.7 Å². The maximum Gasteiger partial charge on any atom is 0.174 e. The molecular weight excluding hydrogens is 340 g/mol. The second-order valence-electron chi connectivity index (χ2n) is 10.9. The molecule has 5 aliphatic rings. The lowest BCUT2D eigenvalue weighted by molar-refractivity contribution is -0.248. The molecule has 0 unspecified atom stereocenters. The van der Waals surface area contributed by atoms with E-state index >= 15 is 0 Å². The van der Waals surface area contributed by atoms with Crippen LogP contribution in [0.25, 0.3) is 0 Å². The molecule has 4 saturated carbocycles. The van der Waals surface area contributed by atoms with E-state index in [2.05, 4.69) is 13.8 Å². The van der Waals surface area contributed by atoms with Gasteiger partial charge in [-0.05, 0) is 87.4 Å².